The number of thioether (sulfide) groups is 1. The summed E-state index contributed by atoms with van der Waals surface area (Å²) in [5, 5.41) is 11.0. The average Bonchev–Trinajstić information content (AvgIpc) is 2.31. The van der Waals surface area contributed by atoms with Gasteiger partial charge in [-0.05, 0) is 0 Å². The molecule has 1 amide bonds. The van der Waals surface area contributed by atoms with E-state index in [0.29, 0.717) is 5.75 Å². The Labute approximate surface area is 122 Å². The van der Waals surface area contributed by atoms with Gasteiger partial charge in [0.2, 0.25) is 5.91 Å². The Kier molecular flexibility index (Phi) is 7.59. The summed E-state index contributed by atoms with van der Waals surface area (Å²) in [6.07, 6.45) is -0.494. The highest BCUT2D eigenvalue weighted by molar-refractivity contribution is 8.00. The maximum Gasteiger partial charge on any atom is 0.329 e. The maximum atomic E-state index is 11.7. The third-order valence-electron chi connectivity index (χ3n) is 2.22. The third kappa shape index (κ3) is 8.00. The molecule has 0 bridgehead atoms. The van der Waals surface area contributed by atoms with Crippen molar-refractivity contribution >= 4 is 29.6 Å². The molecule has 7 nitrogen and oxygen atoms in total. The molecule has 0 unspecified atom stereocenters. The monoisotopic (exact) mass is 306 g/mol. The van der Waals surface area contributed by atoms with Crippen LogP contribution in [0.25, 0.3) is 0 Å². The van der Waals surface area contributed by atoms with Crippen molar-refractivity contribution in [1.82, 2.24) is 5.32 Å². The molecule has 2 atom stereocenters. The van der Waals surface area contributed by atoms with Gasteiger partial charge in [0, 0.05) is 10.5 Å². The summed E-state index contributed by atoms with van der Waals surface area (Å²) in [5.74, 6) is -2.12. The largest absolute Gasteiger partial charge is 0.481 e. The summed E-state index contributed by atoms with van der Waals surface area (Å²) >= 11 is 1.48. The number of carbonyl (C=O) groups is 3. The first-order valence-electron chi connectivity index (χ1n) is 6.06. The lowest BCUT2D eigenvalue weighted by Gasteiger charge is -2.23. The molecule has 20 heavy (non-hydrogen) atoms. The smallest absolute Gasteiger partial charge is 0.329 e. The van der Waals surface area contributed by atoms with Gasteiger partial charge in [0.25, 0.3) is 0 Å². The molecule has 0 aromatic carbocycles. The number of esters is 1. The number of hydrogen-bond donors (Lipinski definition) is 3. The molecule has 0 aliphatic carbocycles. The summed E-state index contributed by atoms with van der Waals surface area (Å²) in [7, 11) is 1.22. The fourth-order valence-corrected chi connectivity index (χ4v) is 2.09. The van der Waals surface area contributed by atoms with E-state index in [0.717, 1.165) is 0 Å². The fraction of sp³-hybridized carbons (Fsp3) is 0.750. The number of aliphatic carboxylic acids is 1. The van der Waals surface area contributed by atoms with Gasteiger partial charge in [0.15, 0.2) is 0 Å². The van der Waals surface area contributed by atoms with Crippen LogP contribution < -0.4 is 11.1 Å². The normalized spacial score (nSPS) is 14.2. The van der Waals surface area contributed by atoms with Crippen molar-refractivity contribution in [2.45, 2.75) is 44.0 Å². The number of nitrogens with one attached hydrogen (secondary N) is 1. The standard InChI is InChI=1S/C12H22N2O5S/c1-12(2,3)20-6-8(11(18)19-4)14-10(17)7(13)5-9(15)16/h7-8H,5-6,13H2,1-4H3,(H,14,17)(H,15,16)/t7-,8-/m1/s1. The molecule has 116 valence electrons. The van der Waals surface area contributed by atoms with E-state index >= 15 is 0 Å². The highest BCUT2D eigenvalue weighted by atomic mass is 32.2. The lowest BCUT2D eigenvalue weighted by molar-refractivity contribution is -0.144. The molecule has 0 aliphatic rings. The second-order valence-electron chi connectivity index (χ2n) is 5.21. The molecular formula is C12H22N2O5S. The number of carboxylic acid groups (broad SMARTS) is 1. The van der Waals surface area contributed by atoms with Crippen LogP contribution in [0.4, 0.5) is 0 Å². The SMILES string of the molecule is COC(=O)[C@@H](CSC(C)(C)C)NC(=O)[C@H](N)CC(=O)O. The van der Waals surface area contributed by atoms with Crippen LogP contribution in [0.1, 0.15) is 27.2 Å². The van der Waals surface area contributed by atoms with Crippen molar-refractivity contribution in [2.24, 2.45) is 5.73 Å². The van der Waals surface area contributed by atoms with E-state index in [-0.39, 0.29) is 4.75 Å². The van der Waals surface area contributed by atoms with Gasteiger partial charge < -0.3 is 20.9 Å². The first-order valence-corrected chi connectivity index (χ1v) is 7.05. The third-order valence-corrected chi connectivity index (χ3v) is 3.58. The van der Waals surface area contributed by atoms with Gasteiger partial charge in [-0.25, -0.2) is 4.79 Å². The minimum Gasteiger partial charge on any atom is -0.481 e. The number of amides is 1. The Morgan fingerprint density at radius 1 is 1.35 bits per heavy atom. The van der Waals surface area contributed by atoms with Crippen molar-refractivity contribution in [3.63, 3.8) is 0 Å². The minimum absolute atomic E-state index is 0.0832. The molecule has 0 heterocycles. The van der Waals surface area contributed by atoms with Crippen molar-refractivity contribution in [3.8, 4) is 0 Å². The summed E-state index contributed by atoms with van der Waals surface area (Å²) in [6.45, 7) is 5.93. The second kappa shape index (κ2) is 8.11. The zero-order chi connectivity index (χ0) is 15.9. The van der Waals surface area contributed by atoms with Crippen molar-refractivity contribution in [2.75, 3.05) is 12.9 Å². The zero-order valence-corrected chi connectivity index (χ0v) is 13.0. The molecule has 8 heteroatoms. The van der Waals surface area contributed by atoms with E-state index in [4.69, 9.17) is 10.8 Å². The topological polar surface area (TPSA) is 119 Å². The Morgan fingerprint density at radius 3 is 2.30 bits per heavy atom. The van der Waals surface area contributed by atoms with Gasteiger partial charge in [-0.15, -0.1) is 0 Å². The molecule has 0 aromatic heterocycles. The molecule has 0 fully saturated rings. The van der Waals surface area contributed by atoms with Crippen LogP contribution in [0.5, 0.6) is 0 Å². The molecule has 0 aliphatic heterocycles. The van der Waals surface area contributed by atoms with Crippen LogP contribution in [0, 0.1) is 0 Å². The summed E-state index contributed by atoms with van der Waals surface area (Å²) in [4.78, 5) is 33.8. The predicted molar refractivity (Wildman–Crippen MR) is 76.4 cm³/mol. The van der Waals surface area contributed by atoms with E-state index < -0.39 is 36.4 Å². The van der Waals surface area contributed by atoms with E-state index in [1.54, 1.807) is 0 Å². The lowest BCUT2D eigenvalue weighted by atomic mass is 10.2. The van der Waals surface area contributed by atoms with Crippen molar-refractivity contribution in [3.05, 3.63) is 0 Å². The quantitative estimate of drug-likeness (QED) is 0.565. The molecule has 0 aromatic rings. The Hall–Kier alpha value is -1.28. The predicted octanol–water partition coefficient (Wildman–Crippen LogP) is -0.0221. The van der Waals surface area contributed by atoms with Gasteiger partial charge in [-0.1, -0.05) is 20.8 Å². The van der Waals surface area contributed by atoms with Crippen LogP contribution in [0.3, 0.4) is 0 Å². The van der Waals surface area contributed by atoms with Gasteiger partial charge >= 0.3 is 11.9 Å². The Balaban J connectivity index is 4.61. The molecule has 4 N–H and O–H groups in total. The Bertz CT molecular complexity index is 367. The number of carbonyl (C=O) groups excluding carboxylic acids is 2. The molecule has 0 saturated heterocycles. The lowest BCUT2D eigenvalue weighted by Crippen LogP contribution is -2.50. The van der Waals surface area contributed by atoms with Gasteiger partial charge in [0.05, 0.1) is 19.6 Å². The highest BCUT2D eigenvalue weighted by Gasteiger charge is 2.27. The van der Waals surface area contributed by atoms with Crippen LogP contribution in [-0.4, -0.2) is 52.6 Å². The number of hydrogen-bond acceptors (Lipinski definition) is 6. The van der Waals surface area contributed by atoms with E-state index in [1.165, 1.54) is 18.9 Å². The minimum atomic E-state index is -1.20. The number of ether oxygens (including phenoxy) is 1. The van der Waals surface area contributed by atoms with Crippen LogP contribution in [-0.2, 0) is 19.1 Å². The zero-order valence-electron chi connectivity index (χ0n) is 12.1. The molecular weight excluding hydrogens is 284 g/mol. The number of nitrogens with two attached hydrogens (primary N) is 1. The Morgan fingerprint density at radius 2 is 1.90 bits per heavy atom. The number of methoxy groups -OCH3 is 1. The first-order chi connectivity index (χ1) is 9.06. The maximum absolute atomic E-state index is 11.7. The second-order valence-corrected chi connectivity index (χ2v) is 7.06. The molecule has 0 spiro atoms. The van der Waals surface area contributed by atoms with Crippen LogP contribution in [0.15, 0.2) is 0 Å². The van der Waals surface area contributed by atoms with Crippen LogP contribution >= 0.6 is 11.8 Å². The summed E-state index contributed by atoms with van der Waals surface area (Å²) in [5.41, 5.74) is 5.44. The number of rotatable bonds is 7. The molecule has 0 saturated carbocycles. The van der Waals surface area contributed by atoms with E-state index in [2.05, 4.69) is 10.1 Å². The van der Waals surface area contributed by atoms with Gasteiger partial charge in [0.1, 0.15) is 6.04 Å². The van der Waals surface area contributed by atoms with Gasteiger partial charge in [-0.2, -0.15) is 11.8 Å². The highest BCUT2D eigenvalue weighted by Crippen LogP contribution is 2.23. The van der Waals surface area contributed by atoms with Crippen molar-refractivity contribution in [1.29, 1.82) is 0 Å². The molecule has 0 rings (SSSR count). The summed E-state index contributed by atoms with van der Waals surface area (Å²) < 4.78 is 4.53. The van der Waals surface area contributed by atoms with Crippen molar-refractivity contribution < 1.29 is 24.2 Å². The molecule has 0 radical (unpaired) electrons. The summed E-state index contributed by atoms with van der Waals surface area (Å²) in [6, 6.07) is -2.05. The van der Waals surface area contributed by atoms with E-state index in [1.807, 2.05) is 20.8 Å². The average molecular weight is 306 g/mol. The first kappa shape index (κ1) is 18.7. The van der Waals surface area contributed by atoms with E-state index in [9.17, 15) is 14.4 Å². The van der Waals surface area contributed by atoms with Gasteiger partial charge in [-0.3, -0.25) is 9.59 Å². The fourth-order valence-electron chi connectivity index (χ4n) is 1.20. The van der Waals surface area contributed by atoms with Crippen LogP contribution in [0.2, 0.25) is 0 Å². The number of carboxylic acids is 1.